The smallest absolute Gasteiger partial charge is 0.243 e. The van der Waals surface area contributed by atoms with Crippen molar-refractivity contribution in [1.29, 1.82) is 0 Å². The van der Waals surface area contributed by atoms with Crippen molar-refractivity contribution in [1.82, 2.24) is 9.62 Å². The minimum absolute atomic E-state index is 0.157. The Labute approximate surface area is 170 Å². The van der Waals surface area contributed by atoms with Gasteiger partial charge in [0.15, 0.2) is 0 Å². The number of ether oxygens (including phenoxy) is 1. The van der Waals surface area contributed by atoms with Gasteiger partial charge in [-0.05, 0) is 37.1 Å². The van der Waals surface area contributed by atoms with Gasteiger partial charge in [-0.15, -0.1) is 0 Å². The maximum absolute atomic E-state index is 12.8. The zero-order valence-corrected chi connectivity index (χ0v) is 17.0. The first-order valence-electron chi connectivity index (χ1n) is 9.19. The molecule has 0 aromatic heterocycles. The van der Waals surface area contributed by atoms with Crippen LogP contribution in [-0.2, 0) is 14.8 Å². The summed E-state index contributed by atoms with van der Waals surface area (Å²) in [6.07, 6.45) is 1.32. The van der Waals surface area contributed by atoms with Crippen molar-refractivity contribution in [3.63, 3.8) is 0 Å². The molecular formula is C20H23ClN2O4S. The molecule has 150 valence electrons. The molecule has 0 spiro atoms. The van der Waals surface area contributed by atoms with E-state index in [0.717, 1.165) is 0 Å². The molecule has 1 aliphatic rings. The van der Waals surface area contributed by atoms with E-state index in [1.807, 2.05) is 12.1 Å². The van der Waals surface area contributed by atoms with E-state index in [1.54, 1.807) is 42.5 Å². The predicted octanol–water partition coefficient (Wildman–Crippen LogP) is 2.94. The van der Waals surface area contributed by atoms with Gasteiger partial charge >= 0.3 is 0 Å². The molecule has 0 radical (unpaired) electrons. The molecule has 1 heterocycles. The fourth-order valence-electron chi connectivity index (χ4n) is 3.16. The van der Waals surface area contributed by atoms with Gasteiger partial charge in [-0.3, -0.25) is 4.79 Å². The lowest BCUT2D eigenvalue weighted by atomic mass is 9.99. The monoisotopic (exact) mass is 422 g/mol. The topological polar surface area (TPSA) is 75.7 Å². The van der Waals surface area contributed by atoms with Gasteiger partial charge in [-0.1, -0.05) is 41.9 Å². The van der Waals surface area contributed by atoms with Crippen LogP contribution in [0.3, 0.4) is 0 Å². The Morgan fingerprint density at radius 2 is 1.86 bits per heavy atom. The number of sulfonamides is 1. The van der Waals surface area contributed by atoms with Crippen LogP contribution < -0.4 is 10.1 Å². The van der Waals surface area contributed by atoms with E-state index in [1.165, 1.54) is 4.31 Å². The van der Waals surface area contributed by atoms with Crippen LogP contribution in [0, 0.1) is 5.92 Å². The third-order valence-corrected chi connectivity index (χ3v) is 6.82. The molecular weight excluding hydrogens is 400 g/mol. The zero-order chi connectivity index (χ0) is 20.0. The summed E-state index contributed by atoms with van der Waals surface area (Å²) < 4.78 is 32.5. The molecule has 2 aromatic rings. The van der Waals surface area contributed by atoms with Crippen LogP contribution in [0.1, 0.15) is 12.8 Å². The summed E-state index contributed by atoms with van der Waals surface area (Å²) in [7, 11) is -3.58. The largest absolute Gasteiger partial charge is 0.490 e. The van der Waals surface area contributed by atoms with Crippen LogP contribution in [0.25, 0.3) is 0 Å². The molecule has 1 atom stereocenters. The molecule has 1 saturated heterocycles. The van der Waals surface area contributed by atoms with Gasteiger partial charge in [-0.2, -0.15) is 4.31 Å². The average molecular weight is 423 g/mol. The predicted molar refractivity (Wildman–Crippen MR) is 108 cm³/mol. The first kappa shape index (κ1) is 20.6. The molecule has 1 N–H and O–H groups in total. The van der Waals surface area contributed by atoms with Crippen molar-refractivity contribution < 1.29 is 17.9 Å². The summed E-state index contributed by atoms with van der Waals surface area (Å²) in [6.45, 7) is 1.23. The summed E-state index contributed by atoms with van der Waals surface area (Å²) in [5, 5.41) is 3.34. The molecule has 0 unspecified atom stereocenters. The van der Waals surface area contributed by atoms with Gasteiger partial charge in [0.2, 0.25) is 15.9 Å². The Bertz CT molecular complexity index is 905. The fraction of sp³-hybridized carbons (Fsp3) is 0.350. The van der Waals surface area contributed by atoms with E-state index in [-0.39, 0.29) is 29.9 Å². The highest BCUT2D eigenvalue weighted by molar-refractivity contribution is 7.89. The lowest BCUT2D eigenvalue weighted by molar-refractivity contribution is -0.126. The summed E-state index contributed by atoms with van der Waals surface area (Å²) in [5.41, 5.74) is 0. The minimum Gasteiger partial charge on any atom is -0.490 e. The standard InChI is InChI=1S/C20H23ClN2O4S/c21-18-10-4-5-11-19(18)27-14-12-22-20(24)16-7-6-13-23(15-16)28(25,26)17-8-2-1-3-9-17/h1-5,8-11,16H,6-7,12-15H2,(H,22,24)/t16-/m1/s1. The quantitative estimate of drug-likeness (QED) is 0.696. The molecule has 0 aliphatic carbocycles. The second-order valence-corrected chi connectivity index (χ2v) is 8.93. The van der Waals surface area contributed by atoms with Crippen molar-refractivity contribution in [2.75, 3.05) is 26.2 Å². The Morgan fingerprint density at radius 1 is 1.14 bits per heavy atom. The van der Waals surface area contributed by atoms with E-state index in [2.05, 4.69) is 5.32 Å². The molecule has 0 saturated carbocycles. The maximum atomic E-state index is 12.8. The number of benzene rings is 2. The highest BCUT2D eigenvalue weighted by Crippen LogP contribution is 2.24. The summed E-state index contributed by atoms with van der Waals surface area (Å²) in [6, 6.07) is 15.4. The lowest BCUT2D eigenvalue weighted by Crippen LogP contribution is -2.45. The number of carbonyl (C=O) groups is 1. The van der Waals surface area contributed by atoms with Crippen LogP contribution in [0.2, 0.25) is 5.02 Å². The van der Waals surface area contributed by atoms with Crippen molar-refractivity contribution in [2.45, 2.75) is 17.7 Å². The second-order valence-electron chi connectivity index (χ2n) is 6.59. The number of nitrogens with zero attached hydrogens (tertiary/aromatic N) is 1. The first-order chi connectivity index (χ1) is 13.5. The van der Waals surface area contributed by atoms with Crippen LogP contribution in [-0.4, -0.2) is 44.9 Å². The molecule has 1 fully saturated rings. The molecule has 3 rings (SSSR count). The Hall–Kier alpha value is -2.09. The number of nitrogens with one attached hydrogen (secondary N) is 1. The average Bonchev–Trinajstić information content (AvgIpc) is 2.73. The third-order valence-electron chi connectivity index (χ3n) is 4.63. The zero-order valence-electron chi connectivity index (χ0n) is 15.4. The van der Waals surface area contributed by atoms with Crippen molar-refractivity contribution in [3.8, 4) is 5.75 Å². The number of para-hydroxylation sites is 1. The summed E-state index contributed by atoms with van der Waals surface area (Å²) in [5.74, 6) is 0.0412. The normalized spacial score (nSPS) is 17.8. The van der Waals surface area contributed by atoms with Crippen molar-refractivity contribution in [3.05, 3.63) is 59.6 Å². The molecule has 0 bridgehead atoms. The summed E-state index contributed by atoms with van der Waals surface area (Å²) >= 11 is 6.02. The van der Waals surface area contributed by atoms with Gasteiger partial charge in [-0.25, -0.2) is 8.42 Å². The first-order valence-corrected chi connectivity index (χ1v) is 11.0. The third kappa shape index (κ3) is 5.04. The van der Waals surface area contributed by atoms with Gasteiger partial charge in [0, 0.05) is 13.1 Å². The molecule has 8 heteroatoms. The SMILES string of the molecule is O=C(NCCOc1ccccc1Cl)[C@@H]1CCCN(S(=O)(=O)c2ccccc2)C1. The van der Waals surface area contributed by atoms with Gasteiger partial charge < -0.3 is 10.1 Å². The number of hydrogen-bond acceptors (Lipinski definition) is 4. The van der Waals surface area contributed by atoms with E-state index in [0.29, 0.717) is 36.7 Å². The number of carbonyl (C=O) groups excluding carboxylic acids is 1. The lowest BCUT2D eigenvalue weighted by Gasteiger charge is -2.31. The number of hydrogen-bond donors (Lipinski definition) is 1. The Kier molecular flexibility index (Phi) is 6.93. The number of piperidine rings is 1. The highest BCUT2D eigenvalue weighted by atomic mass is 35.5. The maximum Gasteiger partial charge on any atom is 0.243 e. The molecule has 1 amide bonds. The van der Waals surface area contributed by atoms with Gasteiger partial charge in [0.05, 0.1) is 22.4 Å². The van der Waals surface area contributed by atoms with E-state index >= 15 is 0 Å². The van der Waals surface area contributed by atoms with Crippen LogP contribution in [0.15, 0.2) is 59.5 Å². The number of halogens is 1. The molecule has 1 aliphatic heterocycles. The fourth-order valence-corrected chi connectivity index (χ4v) is 4.89. The van der Waals surface area contributed by atoms with Crippen molar-refractivity contribution in [2.24, 2.45) is 5.92 Å². The van der Waals surface area contributed by atoms with Crippen LogP contribution in [0.4, 0.5) is 0 Å². The second kappa shape index (κ2) is 9.41. The van der Waals surface area contributed by atoms with Crippen LogP contribution in [0.5, 0.6) is 5.75 Å². The molecule has 6 nitrogen and oxygen atoms in total. The van der Waals surface area contributed by atoms with Gasteiger partial charge in [0.1, 0.15) is 12.4 Å². The van der Waals surface area contributed by atoms with E-state index in [4.69, 9.17) is 16.3 Å². The number of amides is 1. The highest BCUT2D eigenvalue weighted by Gasteiger charge is 2.33. The van der Waals surface area contributed by atoms with E-state index < -0.39 is 10.0 Å². The van der Waals surface area contributed by atoms with Crippen molar-refractivity contribution >= 4 is 27.5 Å². The van der Waals surface area contributed by atoms with Crippen LogP contribution >= 0.6 is 11.6 Å². The molecule has 28 heavy (non-hydrogen) atoms. The van der Waals surface area contributed by atoms with Gasteiger partial charge in [0.25, 0.3) is 0 Å². The van der Waals surface area contributed by atoms with E-state index in [9.17, 15) is 13.2 Å². The number of rotatable bonds is 7. The Morgan fingerprint density at radius 3 is 2.61 bits per heavy atom. The molecule has 2 aromatic carbocycles. The Balaban J connectivity index is 1.51. The minimum atomic E-state index is -3.58. The summed E-state index contributed by atoms with van der Waals surface area (Å²) in [4.78, 5) is 12.7.